The molecule has 0 aliphatic rings. The number of fused-ring (bicyclic) bond motifs is 1. The minimum absolute atomic E-state index is 0.0162. The summed E-state index contributed by atoms with van der Waals surface area (Å²) in [6.45, 7) is 0. The van der Waals surface area contributed by atoms with E-state index in [9.17, 15) is 28.1 Å². The molecule has 0 saturated carbocycles. The van der Waals surface area contributed by atoms with Crippen LogP contribution >= 0.6 is 0 Å². The Morgan fingerprint density at radius 2 is 1.93 bits per heavy atom. The number of halogens is 3. The van der Waals surface area contributed by atoms with Gasteiger partial charge in [0.2, 0.25) is 0 Å². The Labute approximate surface area is 165 Å². The summed E-state index contributed by atoms with van der Waals surface area (Å²) in [7, 11) is 0. The van der Waals surface area contributed by atoms with E-state index in [2.05, 4.69) is 14.9 Å². The Morgan fingerprint density at radius 3 is 2.67 bits per heavy atom. The van der Waals surface area contributed by atoms with Gasteiger partial charge in [-0.15, -0.1) is 0 Å². The van der Waals surface area contributed by atoms with Crippen LogP contribution in [0.15, 0.2) is 61.1 Å². The molecule has 0 unspecified atom stereocenters. The number of non-ortho nitro benzene ring substituents is 1. The first-order valence-corrected chi connectivity index (χ1v) is 8.30. The highest BCUT2D eigenvalue weighted by atomic mass is 19.4. The largest absolute Gasteiger partial charge is 0.493 e. The molecular weight excluding hydrogens is 407 g/mol. The normalized spacial score (nSPS) is 11.6. The quantitative estimate of drug-likeness (QED) is 0.373. The molecular formula is C18H10F3N5O4. The van der Waals surface area contributed by atoms with Gasteiger partial charge in [0.05, 0.1) is 16.3 Å². The van der Waals surface area contributed by atoms with Crippen molar-refractivity contribution in [1.29, 1.82) is 0 Å². The first-order chi connectivity index (χ1) is 14.2. The van der Waals surface area contributed by atoms with Gasteiger partial charge >= 0.3 is 12.1 Å². The van der Waals surface area contributed by atoms with Crippen LogP contribution in [-0.2, 0) is 4.79 Å². The Balaban J connectivity index is 1.71. The number of benzene rings is 1. The monoisotopic (exact) mass is 417 g/mol. The van der Waals surface area contributed by atoms with E-state index in [1.54, 1.807) is 24.4 Å². The molecule has 0 radical (unpaired) electrons. The third-order valence-electron chi connectivity index (χ3n) is 4.13. The third-order valence-corrected chi connectivity index (χ3v) is 4.13. The van der Waals surface area contributed by atoms with E-state index >= 15 is 0 Å². The van der Waals surface area contributed by atoms with Gasteiger partial charge in [-0.05, 0) is 18.2 Å². The number of alkyl halides is 3. The van der Waals surface area contributed by atoms with Crippen LogP contribution in [0.5, 0.6) is 0 Å². The minimum atomic E-state index is -5.15. The topological polar surface area (TPSA) is 105 Å². The van der Waals surface area contributed by atoms with Gasteiger partial charge in [-0.3, -0.25) is 10.1 Å². The molecule has 0 spiro atoms. The van der Waals surface area contributed by atoms with Crippen LogP contribution in [0, 0.1) is 10.1 Å². The zero-order valence-corrected chi connectivity index (χ0v) is 14.8. The summed E-state index contributed by atoms with van der Waals surface area (Å²) in [4.78, 5) is 29.8. The number of carbonyl (C=O) groups is 1. The molecule has 0 aliphatic heterocycles. The number of carbonyl (C=O) groups excluding carboxylic acids is 1. The molecule has 4 rings (SSSR count). The van der Waals surface area contributed by atoms with Gasteiger partial charge in [-0.1, -0.05) is 12.1 Å². The van der Waals surface area contributed by atoms with Gasteiger partial charge in [0, 0.05) is 41.7 Å². The van der Waals surface area contributed by atoms with Crippen molar-refractivity contribution in [3.8, 4) is 16.9 Å². The highest BCUT2D eigenvalue weighted by Gasteiger charge is 2.42. The first kappa shape index (κ1) is 19.1. The maximum Gasteiger partial charge on any atom is 0.493 e. The standard InChI is InChI=1S/C18H10F3N5O4/c19-18(20,21)17(27)30-25-9-5-13-15(4-7-22-16(13)25)24-8-6-14(23-24)11-2-1-3-12(10-11)26(28)29/h1-10H. The average molecular weight is 417 g/mol. The van der Waals surface area contributed by atoms with E-state index in [1.807, 2.05) is 0 Å². The second-order valence-electron chi connectivity index (χ2n) is 6.04. The molecule has 152 valence electrons. The number of rotatable bonds is 4. The number of pyridine rings is 1. The Kier molecular flexibility index (Phi) is 4.45. The molecule has 12 heteroatoms. The van der Waals surface area contributed by atoms with E-state index in [0.717, 1.165) is 6.20 Å². The molecule has 9 nitrogen and oxygen atoms in total. The van der Waals surface area contributed by atoms with Crippen molar-refractivity contribution in [1.82, 2.24) is 19.5 Å². The molecule has 30 heavy (non-hydrogen) atoms. The lowest BCUT2D eigenvalue weighted by atomic mass is 10.1. The zero-order valence-electron chi connectivity index (χ0n) is 14.8. The summed E-state index contributed by atoms with van der Waals surface area (Å²) in [5.74, 6) is -2.38. The SMILES string of the molecule is O=C(On1ccc2c(-n3ccc(-c4cccc([N+](=O)[O-])c4)n3)ccnc21)C(F)(F)F. The molecule has 1 aromatic carbocycles. The number of hydrogen-bond acceptors (Lipinski definition) is 6. The highest BCUT2D eigenvalue weighted by Crippen LogP contribution is 2.26. The van der Waals surface area contributed by atoms with Crippen LogP contribution in [0.1, 0.15) is 0 Å². The lowest BCUT2D eigenvalue weighted by Crippen LogP contribution is -2.33. The van der Waals surface area contributed by atoms with Crippen LogP contribution in [-0.4, -0.2) is 36.6 Å². The van der Waals surface area contributed by atoms with Crippen molar-refractivity contribution in [3.05, 3.63) is 71.2 Å². The van der Waals surface area contributed by atoms with Crippen LogP contribution in [0.4, 0.5) is 18.9 Å². The Morgan fingerprint density at radius 1 is 1.13 bits per heavy atom. The maximum absolute atomic E-state index is 12.5. The second-order valence-corrected chi connectivity index (χ2v) is 6.04. The molecule has 3 aromatic heterocycles. The van der Waals surface area contributed by atoms with Gasteiger partial charge in [-0.25, -0.2) is 14.5 Å². The lowest BCUT2D eigenvalue weighted by molar-refractivity contribution is -0.384. The van der Waals surface area contributed by atoms with E-state index in [4.69, 9.17) is 0 Å². The fraction of sp³-hybridized carbons (Fsp3) is 0.0556. The molecule has 0 N–H and O–H groups in total. The van der Waals surface area contributed by atoms with Crippen molar-refractivity contribution in [3.63, 3.8) is 0 Å². The molecule has 0 aliphatic carbocycles. The fourth-order valence-corrected chi connectivity index (χ4v) is 2.81. The molecule has 0 fully saturated rings. The van der Waals surface area contributed by atoms with Crippen LogP contribution < -0.4 is 4.84 Å². The Bertz CT molecular complexity index is 1280. The van der Waals surface area contributed by atoms with Crippen molar-refractivity contribution < 1.29 is 27.7 Å². The predicted octanol–water partition coefficient (Wildman–Crippen LogP) is 3.31. The van der Waals surface area contributed by atoms with Crippen molar-refractivity contribution in [2.75, 3.05) is 0 Å². The summed E-state index contributed by atoms with van der Waals surface area (Å²) < 4.78 is 39.5. The van der Waals surface area contributed by atoms with Gasteiger partial charge in [0.1, 0.15) is 0 Å². The molecule has 0 saturated heterocycles. The van der Waals surface area contributed by atoms with Gasteiger partial charge < -0.3 is 4.84 Å². The summed E-state index contributed by atoms with van der Waals surface area (Å²) in [6, 6.07) is 10.6. The molecule has 0 bridgehead atoms. The van der Waals surface area contributed by atoms with Gasteiger partial charge in [0.15, 0.2) is 5.65 Å². The van der Waals surface area contributed by atoms with Crippen LogP contribution in [0.25, 0.3) is 28.0 Å². The maximum atomic E-state index is 12.5. The minimum Gasteiger partial charge on any atom is -0.326 e. The number of nitro benzene ring substituents is 1. The van der Waals surface area contributed by atoms with E-state index < -0.39 is 17.1 Å². The molecule has 3 heterocycles. The summed E-state index contributed by atoms with van der Waals surface area (Å²) in [5, 5.41) is 15.7. The second kappa shape index (κ2) is 6.99. The number of aromatic nitrogens is 4. The summed E-state index contributed by atoms with van der Waals surface area (Å²) in [5.41, 5.74) is 1.32. The number of nitro groups is 1. The van der Waals surface area contributed by atoms with Gasteiger partial charge in [-0.2, -0.15) is 23.0 Å². The third kappa shape index (κ3) is 3.45. The molecule has 0 amide bonds. The smallest absolute Gasteiger partial charge is 0.326 e. The van der Waals surface area contributed by atoms with Crippen molar-refractivity contribution >= 4 is 22.7 Å². The zero-order chi connectivity index (χ0) is 21.5. The average Bonchev–Trinajstić information content (AvgIpc) is 3.35. The van der Waals surface area contributed by atoms with Crippen LogP contribution in [0.3, 0.4) is 0 Å². The van der Waals surface area contributed by atoms with Gasteiger partial charge in [0.25, 0.3) is 5.69 Å². The molecule has 4 aromatic rings. The van der Waals surface area contributed by atoms with Crippen molar-refractivity contribution in [2.24, 2.45) is 0 Å². The first-order valence-electron chi connectivity index (χ1n) is 8.30. The fourth-order valence-electron chi connectivity index (χ4n) is 2.81. The van der Waals surface area contributed by atoms with E-state index in [1.165, 1.54) is 35.1 Å². The number of hydrogen-bond donors (Lipinski definition) is 0. The predicted molar refractivity (Wildman–Crippen MR) is 96.6 cm³/mol. The summed E-state index contributed by atoms with van der Waals surface area (Å²) >= 11 is 0. The van der Waals surface area contributed by atoms with E-state index in [0.29, 0.717) is 27.1 Å². The van der Waals surface area contributed by atoms with Crippen molar-refractivity contribution in [2.45, 2.75) is 6.18 Å². The lowest BCUT2D eigenvalue weighted by Gasteiger charge is -2.08. The highest BCUT2D eigenvalue weighted by molar-refractivity contribution is 5.86. The summed E-state index contributed by atoms with van der Waals surface area (Å²) in [6.07, 6.45) is -1.11. The molecule has 0 atom stereocenters. The van der Waals surface area contributed by atoms with E-state index in [-0.39, 0.29) is 11.3 Å². The number of nitrogens with zero attached hydrogens (tertiary/aromatic N) is 5. The van der Waals surface area contributed by atoms with Crippen LogP contribution in [0.2, 0.25) is 0 Å². The Hall–Kier alpha value is -4.22.